The Labute approximate surface area is 112 Å². The maximum atomic E-state index is 10.8. The minimum atomic E-state index is -0.833. The zero-order valence-corrected chi connectivity index (χ0v) is 11.5. The Morgan fingerprint density at radius 3 is 2.21 bits per heavy atom. The number of allylic oxidation sites excluding steroid dienone is 1. The highest BCUT2D eigenvalue weighted by Crippen LogP contribution is 2.28. The van der Waals surface area contributed by atoms with Crippen LogP contribution in [0.15, 0.2) is 24.3 Å². The smallest absolute Gasteiger partial charge is 0.308 e. The molecular weight excluding hydrogens is 248 g/mol. The highest BCUT2D eigenvalue weighted by Gasteiger charge is 2.06. The zero-order valence-electron chi connectivity index (χ0n) is 11.5. The Morgan fingerprint density at radius 2 is 1.79 bits per heavy atom. The summed E-state index contributed by atoms with van der Waals surface area (Å²) in [5, 5.41) is 7.42. The molecule has 0 radical (unpaired) electrons. The van der Waals surface area contributed by atoms with Gasteiger partial charge in [0.05, 0.1) is 7.11 Å². The third-order valence-electron chi connectivity index (χ3n) is 1.80. The lowest BCUT2D eigenvalue weighted by Gasteiger charge is -2.08. The second kappa shape index (κ2) is 8.74. The van der Waals surface area contributed by atoms with Gasteiger partial charge in [0.1, 0.15) is 0 Å². The SMILES string of the molecule is CC(=O)O.CC=Cc1ccc(OC(C)=O)c(OC)c1. The number of carbonyl (C=O) groups is 2. The van der Waals surface area contributed by atoms with Crippen LogP contribution in [0.2, 0.25) is 0 Å². The Bertz CT molecular complexity index is 459. The van der Waals surface area contributed by atoms with E-state index in [0.717, 1.165) is 12.5 Å². The first-order valence-corrected chi connectivity index (χ1v) is 5.59. The third kappa shape index (κ3) is 7.59. The standard InChI is InChI=1S/C12H14O3.C2H4O2/c1-4-5-10-6-7-11(15-9(2)13)12(8-10)14-3;1-2(3)4/h4-8H,1-3H3;1H3,(H,3,4). The molecule has 0 amide bonds. The van der Waals surface area contributed by atoms with E-state index in [0.29, 0.717) is 11.5 Å². The van der Waals surface area contributed by atoms with Crippen LogP contribution in [0.3, 0.4) is 0 Å². The van der Waals surface area contributed by atoms with Crippen molar-refractivity contribution in [1.29, 1.82) is 0 Å². The summed E-state index contributed by atoms with van der Waals surface area (Å²) in [7, 11) is 1.54. The Balaban J connectivity index is 0.000000711. The molecule has 0 aliphatic rings. The fourth-order valence-electron chi connectivity index (χ4n) is 1.22. The van der Waals surface area contributed by atoms with E-state index < -0.39 is 5.97 Å². The van der Waals surface area contributed by atoms with Gasteiger partial charge in [0.15, 0.2) is 11.5 Å². The molecule has 0 saturated carbocycles. The monoisotopic (exact) mass is 266 g/mol. The van der Waals surface area contributed by atoms with Crippen LogP contribution in [0.25, 0.3) is 6.08 Å². The van der Waals surface area contributed by atoms with Crippen LogP contribution in [-0.2, 0) is 9.59 Å². The quantitative estimate of drug-likeness (QED) is 0.672. The van der Waals surface area contributed by atoms with Crippen molar-refractivity contribution in [3.63, 3.8) is 0 Å². The molecule has 0 atom stereocenters. The van der Waals surface area contributed by atoms with E-state index in [1.54, 1.807) is 13.2 Å². The van der Waals surface area contributed by atoms with Gasteiger partial charge in [-0.1, -0.05) is 18.2 Å². The van der Waals surface area contributed by atoms with Crippen molar-refractivity contribution < 1.29 is 24.2 Å². The molecule has 0 aliphatic heterocycles. The number of rotatable bonds is 3. The molecule has 0 bridgehead atoms. The van der Waals surface area contributed by atoms with Crippen molar-refractivity contribution in [2.24, 2.45) is 0 Å². The Kier molecular flexibility index (Phi) is 7.68. The normalized spacial score (nSPS) is 9.47. The molecule has 0 saturated heterocycles. The first-order chi connectivity index (χ1) is 8.90. The van der Waals surface area contributed by atoms with E-state index >= 15 is 0 Å². The van der Waals surface area contributed by atoms with Gasteiger partial charge in [-0.25, -0.2) is 0 Å². The summed E-state index contributed by atoms with van der Waals surface area (Å²) < 4.78 is 10.1. The largest absolute Gasteiger partial charge is 0.493 e. The number of hydrogen-bond donors (Lipinski definition) is 1. The van der Waals surface area contributed by atoms with Gasteiger partial charge in [-0.3, -0.25) is 9.59 Å². The van der Waals surface area contributed by atoms with Gasteiger partial charge >= 0.3 is 5.97 Å². The average Bonchev–Trinajstić information content (AvgIpc) is 2.30. The van der Waals surface area contributed by atoms with E-state index in [-0.39, 0.29) is 5.97 Å². The molecule has 1 aromatic carbocycles. The fourth-order valence-corrected chi connectivity index (χ4v) is 1.22. The molecule has 0 fully saturated rings. The van der Waals surface area contributed by atoms with E-state index in [1.807, 2.05) is 31.2 Å². The maximum absolute atomic E-state index is 10.8. The summed E-state index contributed by atoms with van der Waals surface area (Å²) in [6.07, 6.45) is 3.88. The molecule has 1 rings (SSSR count). The second-order valence-electron chi connectivity index (χ2n) is 3.52. The van der Waals surface area contributed by atoms with Gasteiger partial charge in [-0.05, 0) is 24.6 Å². The van der Waals surface area contributed by atoms with Crippen molar-refractivity contribution in [2.45, 2.75) is 20.8 Å². The van der Waals surface area contributed by atoms with Gasteiger partial charge in [0.2, 0.25) is 0 Å². The average molecular weight is 266 g/mol. The van der Waals surface area contributed by atoms with Gasteiger partial charge in [0.25, 0.3) is 5.97 Å². The summed E-state index contributed by atoms with van der Waals surface area (Å²) in [5.41, 5.74) is 1.00. The van der Waals surface area contributed by atoms with Crippen LogP contribution in [0.5, 0.6) is 11.5 Å². The molecule has 104 valence electrons. The van der Waals surface area contributed by atoms with E-state index in [2.05, 4.69) is 0 Å². The van der Waals surface area contributed by atoms with Crippen molar-refractivity contribution >= 4 is 18.0 Å². The second-order valence-corrected chi connectivity index (χ2v) is 3.52. The molecule has 0 aliphatic carbocycles. The van der Waals surface area contributed by atoms with Crippen molar-refractivity contribution in [2.75, 3.05) is 7.11 Å². The van der Waals surface area contributed by atoms with E-state index in [1.165, 1.54) is 6.92 Å². The summed E-state index contributed by atoms with van der Waals surface area (Å²) in [6, 6.07) is 5.40. The molecule has 19 heavy (non-hydrogen) atoms. The lowest BCUT2D eigenvalue weighted by atomic mass is 10.2. The van der Waals surface area contributed by atoms with Crippen molar-refractivity contribution in [3.8, 4) is 11.5 Å². The number of hydrogen-bond acceptors (Lipinski definition) is 4. The molecule has 5 nitrogen and oxygen atoms in total. The van der Waals surface area contributed by atoms with Crippen LogP contribution in [-0.4, -0.2) is 24.2 Å². The molecule has 0 heterocycles. The van der Waals surface area contributed by atoms with E-state index in [4.69, 9.17) is 19.4 Å². The summed E-state index contributed by atoms with van der Waals surface area (Å²) >= 11 is 0. The van der Waals surface area contributed by atoms with Crippen LogP contribution >= 0.6 is 0 Å². The first-order valence-electron chi connectivity index (χ1n) is 5.59. The van der Waals surface area contributed by atoms with Gasteiger partial charge in [-0.2, -0.15) is 0 Å². The van der Waals surface area contributed by atoms with Crippen LogP contribution in [0, 0.1) is 0 Å². The lowest BCUT2D eigenvalue weighted by molar-refractivity contribution is -0.134. The minimum absolute atomic E-state index is 0.355. The van der Waals surface area contributed by atoms with Crippen LogP contribution in [0.4, 0.5) is 0 Å². The predicted octanol–water partition coefficient (Wildman–Crippen LogP) is 2.74. The van der Waals surface area contributed by atoms with Crippen LogP contribution < -0.4 is 9.47 Å². The summed E-state index contributed by atoms with van der Waals surface area (Å²) in [6.45, 7) is 4.38. The Morgan fingerprint density at radius 1 is 1.21 bits per heavy atom. The molecule has 0 unspecified atom stereocenters. The number of carboxylic acids is 1. The first kappa shape index (κ1) is 16.7. The third-order valence-corrected chi connectivity index (χ3v) is 1.80. The van der Waals surface area contributed by atoms with Crippen molar-refractivity contribution in [3.05, 3.63) is 29.8 Å². The number of benzene rings is 1. The Hall–Kier alpha value is -2.30. The van der Waals surface area contributed by atoms with Gasteiger partial charge in [0, 0.05) is 13.8 Å². The highest BCUT2D eigenvalue weighted by atomic mass is 16.6. The van der Waals surface area contributed by atoms with Gasteiger partial charge in [-0.15, -0.1) is 0 Å². The molecule has 1 aromatic rings. The number of esters is 1. The number of carbonyl (C=O) groups excluding carboxylic acids is 1. The number of ether oxygens (including phenoxy) is 2. The van der Waals surface area contributed by atoms with Gasteiger partial charge < -0.3 is 14.6 Å². The fraction of sp³-hybridized carbons (Fsp3) is 0.286. The zero-order chi connectivity index (χ0) is 14.8. The molecule has 0 aromatic heterocycles. The topological polar surface area (TPSA) is 72.8 Å². The number of methoxy groups -OCH3 is 1. The molecule has 1 N–H and O–H groups in total. The summed E-state index contributed by atoms with van der Waals surface area (Å²) in [5.74, 6) is -0.189. The molecular formula is C14H18O5. The lowest BCUT2D eigenvalue weighted by Crippen LogP contribution is -2.02. The predicted molar refractivity (Wildman–Crippen MR) is 72.3 cm³/mol. The minimum Gasteiger partial charge on any atom is -0.493 e. The molecule has 0 spiro atoms. The number of aliphatic carboxylic acids is 1. The molecule has 5 heteroatoms. The van der Waals surface area contributed by atoms with E-state index in [9.17, 15) is 4.79 Å². The number of carboxylic acid groups (broad SMARTS) is 1. The van der Waals surface area contributed by atoms with Crippen LogP contribution in [0.1, 0.15) is 26.3 Å². The van der Waals surface area contributed by atoms with Crippen molar-refractivity contribution in [1.82, 2.24) is 0 Å². The summed E-state index contributed by atoms with van der Waals surface area (Å²) in [4.78, 5) is 19.8. The maximum Gasteiger partial charge on any atom is 0.308 e. The highest BCUT2D eigenvalue weighted by molar-refractivity contribution is 5.71.